The molecule has 0 aliphatic carbocycles. The normalized spacial score (nSPS) is 23.3. The summed E-state index contributed by atoms with van der Waals surface area (Å²) in [6, 6.07) is -0.833. The molecule has 32 heavy (non-hydrogen) atoms. The molecule has 3 aliphatic heterocycles. The van der Waals surface area contributed by atoms with Crippen LogP contribution in [0.5, 0.6) is 0 Å². The summed E-state index contributed by atoms with van der Waals surface area (Å²) in [4.78, 5) is 43.8. The van der Waals surface area contributed by atoms with E-state index in [9.17, 15) is 19.5 Å². The summed E-state index contributed by atoms with van der Waals surface area (Å²) in [5.41, 5.74) is 1.46. The monoisotopic (exact) mass is 514 g/mol. The van der Waals surface area contributed by atoms with Crippen LogP contribution in [0.2, 0.25) is 0 Å². The molecule has 0 spiro atoms. The number of carbonyl (C=O) groups excluding carboxylic acids is 2. The Morgan fingerprint density at radius 2 is 2.34 bits per heavy atom. The zero-order valence-electron chi connectivity index (χ0n) is 16.6. The number of thioether (sulfide) groups is 2. The molecular formula is C17H18N6O5S4. The molecule has 170 valence electrons. The minimum atomic E-state index is -1.17. The summed E-state index contributed by atoms with van der Waals surface area (Å²) < 4.78 is 0. The molecule has 1 aromatic heterocycles. The number of aliphatic carboxylic acids is 1. The van der Waals surface area contributed by atoms with E-state index >= 15 is 0 Å². The molecule has 4 heterocycles. The van der Waals surface area contributed by atoms with Crippen molar-refractivity contribution in [3.8, 4) is 0 Å². The molecule has 0 bridgehead atoms. The number of carboxylic acids is 1. The van der Waals surface area contributed by atoms with Gasteiger partial charge in [-0.15, -0.1) is 16.9 Å². The van der Waals surface area contributed by atoms with Crippen LogP contribution in [-0.4, -0.2) is 84.7 Å². The van der Waals surface area contributed by atoms with Gasteiger partial charge < -0.3 is 15.3 Å². The first-order valence-electron chi connectivity index (χ1n) is 9.29. The Kier molecular flexibility index (Phi) is 7.37. The molecule has 2 amide bonds. The minimum absolute atomic E-state index is 0.0329. The van der Waals surface area contributed by atoms with Crippen molar-refractivity contribution in [2.24, 2.45) is 5.16 Å². The maximum absolute atomic E-state index is 12.9. The van der Waals surface area contributed by atoms with Gasteiger partial charge in [0.2, 0.25) is 0 Å². The highest BCUT2D eigenvalue weighted by Gasteiger charge is 2.54. The number of nitrogens with one attached hydrogen (secondary N) is 2. The average Bonchev–Trinajstić information content (AvgIpc) is 3.33. The van der Waals surface area contributed by atoms with E-state index in [4.69, 9.17) is 4.84 Å². The predicted molar refractivity (Wildman–Crippen MR) is 124 cm³/mol. The fourth-order valence-corrected chi connectivity index (χ4v) is 7.46. The largest absolute Gasteiger partial charge is 0.477 e. The number of oxime groups is 1. The Bertz CT molecular complexity index is 1010. The summed E-state index contributed by atoms with van der Waals surface area (Å²) in [6.45, 7) is 0. The standard InChI is InChI=1S/C17H18N6O5S4/c1-28-21-11(8-2-3-31-32-7-8)14(24)19-12-15(25)23-13(17(26)27)9(6-30-16(12)23)5-29-10-4-18-22-20-10/h4,7,12,16H,2-3,5-6H2,1H3,(H,19,24)(H,26,27)(H,18,20,22)/b21-11+. The van der Waals surface area contributed by atoms with Crippen LogP contribution < -0.4 is 5.32 Å². The number of aromatic nitrogens is 3. The van der Waals surface area contributed by atoms with Gasteiger partial charge in [0.1, 0.15) is 29.2 Å². The van der Waals surface area contributed by atoms with Gasteiger partial charge >= 0.3 is 5.97 Å². The molecule has 15 heteroatoms. The van der Waals surface area contributed by atoms with Gasteiger partial charge in [-0.1, -0.05) is 38.5 Å². The van der Waals surface area contributed by atoms with Crippen molar-refractivity contribution in [3.63, 3.8) is 0 Å². The molecule has 1 aromatic rings. The number of aromatic amines is 1. The summed E-state index contributed by atoms with van der Waals surface area (Å²) in [6.07, 6.45) is 2.21. The lowest BCUT2D eigenvalue weighted by molar-refractivity contribution is -0.150. The minimum Gasteiger partial charge on any atom is -0.477 e. The molecular weight excluding hydrogens is 496 g/mol. The number of amides is 2. The van der Waals surface area contributed by atoms with Crippen molar-refractivity contribution < 1.29 is 24.3 Å². The van der Waals surface area contributed by atoms with Crippen molar-refractivity contribution in [1.29, 1.82) is 0 Å². The van der Waals surface area contributed by atoms with Crippen molar-refractivity contribution in [2.75, 3.05) is 24.4 Å². The van der Waals surface area contributed by atoms with E-state index in [0.717, 1.165) is 11.3 Å². The first-order chi connectivity index (χ1) is 15.5. The van der Waals surface area contributed by atoms with Gasteiger partial charge in [-0.2, -0.15) is 10.3 Å². The number of hydrogen-bond acceptors (Lipinski definition) is 11. The maximum atomic E-state index is 12.9. The molecule has 3 aliphatic rings. The molecule has 1 fully saturated rings. The third-order valence-corrected chi connectivity index (χ3v) is 9.15. The van der Waals surface area contributed by atoms with Gasteiger partial charge in [0.05, 0.1) is 6.20 Å². The molecule has 2 unspecified atom stereocenters. The quantitative estimate of drug-likeness (QED) is 0.151. The van der Waals surface area contributed by atoms with Crippen LogP contribution in [0.25, 0.3) is 0 Å². The third-order valence-electron chi connectivity index (χ3n) is 4.74. The lowest BCUT2D eigenvalue weighted by atomic mass is 10.0. The summed E-state index contributed by atoms with van der Waals surface area (Å²) in [7, 11) is 4.54. The predicted octanol–water partition coefficient (Wildman–Crippen LogP) is 1.31. The Hall–Kier alpha value is -2.10. The Morgan fingerprint density at radius 3 is 3.00 bits per heavy atom. The van der Waals surface area contributed by atoms with Crippen LogP contribution >= 0.6 is 45.1 Å². The van der Waals surface area contributed by atoms with E-state index in [1.807, 2.05) is 5.41 Å². The SMILES string of the molecule is CO/N=C(/C(=O)NC1C(=O)N2C(C(=O)O)=C(CSc3cn[nH]n3)CSC12)C1=CSSCC1. The first-order valence-corrected chi connectivity index (χ1v) is 13.7. The second-order valence-corrected chi connectivity index (χ2v) is 11.1. The maximum Gasteiger partial charge on any atom is 0.352 e. The van der Waals surface area contributed by atoms with Crippen molar-refractivity contribution in [1.82, 2.24) is 25.6 Å². The van der Waals surface area contributed by atoms with Gasteiger partial charge in [-0.05, 0) is 23.0 Å². The molecule has 0 saturated carbocycles. The smallest absolute Gasteiger partial charge is 0.352 e. The first kappa shape index (κ1) is 23.1. The van der Waals surface area contributed by atoms with Crippen molar-refractivity contribution >= 4 is 68.6 Å². The highest BCUT2D eigenvalue weighted by atomic mass is 33.1. The van der Waals surface area contributed by atoms with E-state index in [1.54, 1.807) is 17.0 Å². The Labute approximate surface area is 199 Å². The van der Waals surface area contributed by atoms with Crippen LogP contribution in [0.4, 0.5) is 0 Å². The lowest BCUT2D eigenvalue weighted by Crippen LogP contribution is -2.71. The summed E-state index contributed by atoms with van der Waals surface area (Å²) in [5, 5.41) is 28.5. The molecule has 2 atom stereocenters. The van der Waals surface area contributed by atoms with E-state index in [2.05, 4.69) is 25.9 Å². The highest BCUT2D eigenvalue weighted by molar-refractivity contribution is 8.77. The molecule has 0 radical (unpaired) electrons. The number of H-pyrrole nitrogens is 1. The van der Waals surface area contributed by atoms with E-state index < -0.39 is 29.2 Å². The zero-order chi connectivity index (χ0) is 22.7. The molecule has 3 N–H and O–H groups in total. The van der Waals surface area contributed by atoms with Crippen LogP contribution in [0.3, 0.4) is 0 Å². The van der Waals surface area contributed by atoms with E-state index in [0.29, 0.717) is 28.5 Å². The van der Waals surface area contributed by atoms with E-state index in [1.165, 1.54) is 46.3 Å². The number of carboxylic acid groups (broad SMARTS) is 1. The molecule has 11 nitrogen and oxygen atoms in total. The van der Waals surface area contributed by atoms with Crippen molar-refractivity contribution in [3.05, 3.63) is 28.4 Å². The fraction of sp³-hybridized carbons (Fsp3) is 0.412. The number of carbonyl (C=O) groups is 3. The molecule has 4 rings (SSSR count). The van der Waals surface area contributed by atoms with Gasteiger partial charge in [0.25, 0.3) is 11.8 Å². The number of nitrogens with zero attached hydrogens (tertiary/aromatic N) is 4. The fourth-order valence-electron chi connectivity index (χ4n) is 3.29. The average molecular weight is 515 g/mol. The molecule has 1 saturated heterocycles. The van der Waals surface area contributed by atoms with Crippen LogP contribution in [0.1, 0.15) is 6.42 Å². The highest BCUT2D eigenvalue weighted by Crippen LogP contribution is 2.41. The summed E-state index contributed by atoms with van der Waals surface area (Å²) >= 11 is 2.75. The van der Waals surface area contributed by atoms with Gasteiger partial charge in [0.15, 0.2) is 5.71 Å². The topological polar surface area (TPSA) is 150 Å². The van der Waals surface area contributed by atoms with Gasteiger partial charge in [-0.25, -0.2) is 4.79 Å². The Morgan fingerprint density at radius 1 is 1.50 bits per heavy atom. The number of fused-ring (bicyclic) bond motifs is 1. The second kappa shape index (κ2) is 10.2. The third kappa shape index (κ3) is 4.65. The number of rotatable bonds is 8. The molecule has 0 aromatic carbocycles. The second-order valence-electron chi connectivity index (χ2n) is 6.65. The van der Waals surface area contributed by atoms with Gasteiger partial charge in [-0.3, -0.25) is 14.5 Å². The van der Waals surface area contributed by atoms with Gasteiger partial charge in [0, 0.05) is 17.3 Å². The van der Waals surface area contributed by atoms with Crippen molar-refractivity contribution in [2.45, 2.75) is 22.9 Å². The van der Waals surface area contributed by atoms with E-state index in [-0.39, 0.29) is 11.4 Å². The summed E-state index contributed by atoms with van der Waals surface area (Å²) in [5.74, 6) is -0.529. The van der Waals surface area contributed by atoms with Crippen LogP contribution in [0.15, 0.2) is 38.6 Å². The van der Waals surface area contributed by atoms with Crippen LogP contribution in [-0.2, 0) is 19.2 Å². The Balaban J connectivity index is 1.47. The number of hydrogen-bond donors (Lipinski definition) is 3. The zero-order valence-corrected chi connectivity index (χ0v) is 19.9. The lowest BCUT2D eigenvalue weighted by Gasteiger charge is -2.49. The number of β-lactam (4-membered cyclic amide) rings is 1. The van der Waals surface area contributed by atoms with Crippen LogP contribution in [0, 0.1) is 0 Å².